The molecule has 0 aliphatic carbocycles. The molecule has 0 amide bonds. The fourth-order valence-corrected chi connectivity index (χ4v) is 8.44. The molecule has 1 aliphatic rings. The van der Waals surface area contributed by atoms with Gasteiger partial charge in [0.2, 0.25) is 0 Å². The molecule has 3 heteroatoms. The van der Waals surface area contributed by atoms with E-state index in [1.807, 2.05) is 6.92 Å². The Bertz CT molecular complexity index is 777. The summed E-state index contributed by atoms with van der Waals surface area (Å²) in [5, 5.41) is 10.2. The molecule has 1 rings (SSSR count). The number of unbranched alkanes of at least 4 members (excludes halogenated alkanes) is 40. The molecule has 2 atom stereocenters. The van der Waals surface area contributed by atoms with Gasteiger partial charge in [-0.25, -0.2) is 4.79 Å². The summed E-state index contributed by atoms with van der Waals surface area (Å²) in [6.07, 6.45) is 58.5. The van der Waals surface area contributed by atoms with Gasteiger partial charge in [-0.1, -0.05) is 270 Å². The van der Waals surface area contributed by atoms with Gasteiger partial charge in [0.15, 0.2) is 0 Å². The van der Waals surface area contributed by atoms with Crippen molar-refractivity contribution in [1.29, 1.82) is 0 Å². The molecule has 0 radical (unpaired) electrons. The summed E-state index contributed by atoms with van der Waals surface area (Å²) < 4.78 is 5.36. The van der Waals surface area contributed by atoms with Gasteiger partial charge in [-0.2, -0.15) is 0 Å². The zero-order valence-corrected chi connectivity index (χ0v) is 35.7. The van der Waals surface area contributed by atoms with E-state index in [0.29, 0.717) is 0 Å². The molecule has 308 valence electrons. The van der Waals surface area contributed by atoms with E-state index in [1.54, 1.807) is 0 Å². The largest absolute Gasteiger partial charge is 0.453 e. The minimum absolute atomic E-state index is 0.208. The normalized spacial score (nSPS) is 17.4. The van der Waals surface area contributed by atoms with Gasteiger partial charge >= 0.3 is 5.97 Å². The Morgan fingerprint density at radius 2 is 0.615 bits per heavy atom. The van der Waals surface area contributed by atoms with Crippen LogP contribution in [0.4, 0.5) is 0 Å². The maximum absolute atomic E-state index is 11.6. The number of ether oxygens (including phenoxy) is 1. The van der Waals surface area contributed by atoms with Crippen molar-refractivity contribution in [1.82, 2.24) is 0 Å². The van der Waals surface area contributed by atoms with Crippen molar-refractivity contribution in [2.24, 2.45) is 0 Å². The first kappa shape index (κ1) is 49.2. The first-order valence-electron chi connectivity index (χ1n) is 24.1. The molecule has 0 bridgehead atoms. The molecule has 1 saturated heterocycles. The first-order chi connectivity index (χ1) is 25.5. The lowest BCUT2D eigenvalue weighted by Crippen LogP contribution is -2.36. The van der Waals surface area contributed by atoms with Crippen molar-refractivity contribution in [3.8, 4) is 0 Å². The average molecular weight is 731 g/mol. The first-order valence-corrected chi connectivity index (χ1v) is 24.1. The van der Waals surface area contributed by atoms with Gasteiger partial charge in [0.05, 0.1) is 5.57 Å². The smallest absolute Gasteiger partial charge is 0.336 e. The highest BCUT2D eigenvalue weighted by Crippen LogP contribution is 2.34. The summed E-state index contributed by atoms with van der Waals surface area (Å²) in [4.78, 5) is 11.6. The lowest BCUT2D eigenvalue weighted by molar-refractivity contribution is -0.149. The predicted octanol–water partition coefficient (Wildman–Crippen LogP) is 16.6. The Morgan fingerprint density at radius 1 is 0.423 bits per heavy atom. The molecule has 0 saturated carbocycles. The number of aliphatic hydroxyl groups is 1. The fraction of sp³-hybridized carbons (Fsp3) is 0.939. The topological polar surface area (TPSA) is 46.5 Å². The lowest BCUT2D eigenvalue weighted by atomic mass is 9.90. The molecular formula is C49H94O3. The SMILES string of the molecule is C=C1C(=O)OC(C)(CCCCCCCCCCCCCCCCCCCCCCCCCCCCCCCCCCCCCCCCCCC)[C@H]1O. The van der Waals surface area contributed by atoms with Gasteiger partial charge in [-0.3, -0.25) is 0 Å². The number of rotatable bonds is 42. The van der Waals surface area contributed by atoms with Crippen LogP contribution >= 0.6 is 0 Å². The average Bonchev–Trinajstić information content (AvgIpc) is 3.33. The molecule has 3 nitrogen and oxygen atoms in total. The summed E-state index contributed by atoms with van der Waals surface area (Å²) in [7, 11) is 0. The van der Waals surface area contributed by atoms with Crippen LogP contribution in [0.3, 0.4) is 0 Å². The third-order valence-corrected chi connectivity index (χ3v) is 12.3. The number of carbonyl (C=O) groups is 1. The van der Waals surface area contributed by atoms with Crippen LogP contribution in [0, 0.1) is 0 Å². The number of aliphatic hydroxyl groups excluding tert-OH is 1. The Hall–Kier alpha value is -0.830. The van der Waals surface area contributed by atoms with E-state index < -0.39 is 17.7 Å². The Kier molecular flexibility index (Phi) is 35.1. The second-order valence-corrected chi connectivity index (χ2v) is 17.5. The number of carbonyl (C=O) groups excluding carboxylic acids is 1. The lowest BCUT2D eigenvalue weighted by Gasteiger charge is -2.25. The maximum Gasteiger partial charge on any atom is 0.336 e. The number of hydrogen-bond acceptors (Lipinski definition) is 3. The number of hydrogen-bond donors (Lipinski definition) is 1. The molecule has 0 aromatic carbocycles. The van der Waals surface area contributed by atoms with E-state index in [9.17, 15) is 9.90 Å². The fourth-order valence-electron chi connectivity index (χ4n) is 8.44. The van der Waals surface area contributed by atoms with Crippen molar-refractivity contribution in [3.05, 3.63) is 12.2 Å². The standard InChI is InChI=1S/C49H94O3/c1-4-5-6-7-8-9-10-11-12-13-14-15-16-17-18-19-20-21-22-23-24-25-26-27-28-29-30-31-32-33-34-35-36-37-38-39-40-41-42-43-44-45-49(3)47(50)46(2)48(51)52-49/h47,50H,2,4-45H2,1,3H3/t47-,49?/m0/s1. The van der Waals surface area contributed by atoms with Crippen molar-refractivity contribution in [3.63, 3.8) is 0 Å². The molecule has 0 spiro atoms. The van der Waals surface area contributed by atoms with E-state index in [-0.39, 0.29) is 5.57 Å². The van der Waals surface area contributed by atoms with Crippen LogP contribution in [-0.4, -0.2) is 22.8 Å². The molecule has 1 unspecified atom stereocenters. The highest BCUT2D eigenvalue weighted by atomic mass is 16.6. The third kappa shape index (κ3) is 29.5. The minimum atomic E-state index is -0.849. The van der Waals surface area contributed by atoms with Gasteiger partial charge in [-0.15, -0.1) is 0 Å². The summed E-state index contributed by atoms with van der Waals surface area (Å²) in [5.41, 5.74) is -0.558. The van der Waals surface area contributed by atoms with Crippen molar-refractivity contribution in [2.75, 3.05) is 0 Å². The number of cyclic esters (lactones) is 1. The summed E-state index contributed by atoms with van der Waals surface area (Å²) in [5.74, 6) is -0.438. The monoisotopic (exact) mass is 731 g/mol. The van der Waals surface area contributed by atoms with Crippen LogP contribution in [0.15, 0.2) is 12.2 Å². The summed E-state index contributed by atoms with van der Waals surface area (Å²) in [6.45, 7) is 7.79. The van der Waals surface area contributed by atoms with Crippen LogP contribution in [0.25, 0.3) is 0 Å². The summed E-state index contributed by atoms with van der Waals surface area (Å²) in [6, 6.07) is 0. The van der Waals surface area contributed by atoms with Gasteiger partial charge in [0.25, 0.3) is 0 Å². The Labute approximate surface area is 327 Å². The van der Waals surface area contributed by atoms with Crippen LogP contribution in [0.5, 0.6) is 0 Å². The van der Waals surface area contributed by atoms with Gasteiger partial charge in [0, 0.05) is 0 Å². The molecule has 1 aliphatic heterocycles. The maximum atomic E-state index is 11.6. The molecule has 0 aromatic heterocycles. The van der Waals surface area contributed by atoms with E-state index >= 15 is 0 Å². The van der Waals surface area contributed by atoms with Crippen LogP contribution in [0.2, 0.25) is 0 Å². The molecule has 1 heterocycles. The van der Waals surface area contributed by atoms with Gasteiger partial charge in [0.1, 0.15) is 11.7 Å². The molecular weight excluding hydrogens is 637 g/mol. The molecule has 52 heavy (non-hydrogen) atoms. The highest BCUT2D eigenvalue weighted by molar-refractivity contribution is 5.92. The minimum Gasteiger partial charge on any atom is -0.453 e. The third-order valence-electron chi connectivity index (χ3n) is 12.3. The van der Waals surface area contributed by atoms with E-state index in [4.69, 9.17) is 4.74 Å². The van der Waals surface area contributed by atoms with Crippen LogP contribution in [-0.2, 0) is 9.53 Å². The molecule has 0 aromatic rings. The Balaban J connectivity index is 1.64. The van der Waals surface area contributed by atoms with Gasteiger partial charge < -0.3 is 9.84 Å². The number of esters is 1. The van der Waals surface area contributed by atoms with E-state index in [2.05, 4.69) is 13.5 Å². The van der Waals surface area contributed by atoms with Crippen molar-refractivity contribution >= 4 is 5.97 Å². The van der Waals surface area contributed by atoms with Crippen LogP contribution in [0.1, 0.15) is 284 Å². The second kappa shape index (κ2) is 37.1. The van der Waals surface area contributed by atoms with Gasteiger partial charge in [-0.05, 0) is 19.8 Å². The molecule has 1 fully saturated rings. The van der Waals surface area contributed by atoms with E-state index in [1.165, 1.54) is 250 Å². The highest BCUT2D eigenvalue weighted by Gasteiger charge is 2.47. The molecule has 1 N–H and O–H groups in total. The zero-order valence-electron chi connectivity index (χ0n) is 35.7. The van der Waals surface area contributed by atoms with E-state index in [0.717, 1.165) is 19.3 Å². The van der Waals surface area contributed by atoms with Crippen molar-refractivity contribution in [2.45, 2.75) is 295 Å². The predicted molar refractivity (Wildman–Crippen MR) is 229 cm³/mol. The zero-order chi connectivity index (χ0) is 37.6. The second-order valence-electron chi connectivity index (χ2n) is 17.5. The quantitative estimate of drug-likeness (QED) is 0.0386. The Morgan fingerprint density at radius 3 is 0.788 bits per heavy atom. The summed E-state index contributed by atoms with van der Waals surface area (Å²) >= 11 is 0. The van der Waals surface area contributed by atoms with Crippen molar-refractivity contribution < 1.29 is 14.6 Å². The van der Waals surface area contributed by atoms with Crippen LogP contribution < -0.4 is 0 Å².